The van der Waals surface area contributed by atoms with Crippen LogP contribution in [0.1, 0.15) is 162 Å². The Labute approximate surface area is 245 Å². The second-order valence-electron chi connectivity index (χ2n) is 11.2. The molecule has 0 unspecified atom stereocenters. The third-order valence-electron chi connectivity index (χ3n) is 7.79. The average molecular weight is 555 g/mol. The molecule has 0 spiro atoms. The molecule has 214 valence electrons. The van der Waals surface area contributed by atoms with Crippen LogP contribution in [-0.4, -0.2) is 0 Å². The molecule has 0 aliphatic rings. The molecule has 0 saturated heterocycles. The zero-order chi connectivity index (χ0) is 27.3. The van der Waals surface area contributed by atoms with Gasteiger partial charge >= 0.3 is 0 Å². The fourth-order valence-electron chi connectivity index (χ4n) is 5.36. The third kappa shape index (κ3) is 12.8. The van der Waals surface area contributed by atoms with Gasteiger partial charge in [-0.05, 0) is 96.5 Å². The van der Waals surface area contributed by atoms with Crippen LogP contribution >= 0.6 is 22.7 Å². The summed E-state index contributed by atoms with van der Waals surface area (Å²) in [6, 6.07) is 0. The van der Waals surface area contributed by atoms with Gasteiger partial charge in [0.2, 0.25) is 0 Å². The Kier molecular flexibility index (Phi) is 18.9. The van der Waals surface area contributed by atoms with Gasteiger partial charge < -0.3 is 0 Å². The van der Waals surface area contributed by atoms with Crippen LogP contribution in [0, 0.1) is 0 Å². The van der Waals surface area contributed by atoms with E-state index < -0.39 is 0 Å². The lowest BCUT2D eigenvalue weighted by Gasteiger charge is -2.07. The van der Waals surface area contributed by atoms with E-state index >= 15 is 0 Å². The molecule has 0 fully saturated rings. The molecule has 0 saturated carbocycles. The predicted octanol–water partition coefficient (Wildman–Crippen LogP) is 13.0. The van der Waals surface area contributed by atoms with Gasteiger partial charge in [-0.1, -0.05) is 117 Å². The third-order valence-corrected chi connectivity index (χ3v) is 9.87. The molecule has 0 N–H and O–H groups in total. The van der Waals surface area contributed by atoms with Gasteiger partial charge in [0.1, 0.15) is 0 Å². The Hall–Kier alpha value is -1.12. The summed E-state index contributed by atoms with van der Waals surface area (Å²) in [7, 11) is 0. The molecule has 38 heavy (non-hydrogen) atoms. The van der Waals surface area contributed by atoms with Gasteiger partial charge in [0.05, 0.1) is 0 Å². The highest BCUT2D eigenvalue weighted by Crippen LogP contribution is 2.30. The van der Waals surface area contributed by atoms with Crippen LogP contribution in [0.25, 0.3) is 12.2 Å². The molecule has 0 aliphatic heterocycles. The second-order valence-corrected chi connectivity index (χ2v) is 13.0. The van der Waals surface area contributed by atoms with Gasteiger partial charge in [-0.2, -0.15) is 0 Å². The van der Waals surface area contributed by atoms with E-state index in [1.54, 1.807) is 22.3 Å². The van der Waals surface area contributed by atoms with Gasteiger partial charge in [0.15, 0.2) is 0 Å². The number of thiophene rings is 2. The zero-order valence-electron chi connectivity index (χ0n) is 25.4. The normalized spacial score (nSPS) is 12.0. The Morgan fingerprint density at radius 2 is 0.789 bits per heavy atom. The number of allylic oxidation sites excluding steroid dienone is 2. The monoisotopic (exact) mass is 554 g/mol. The maximum absolute atomic E-state index is 2.46. The van der Waals surface area contributed by atoms with Crippen LogP contribution in [0.2, 0.25) is 0 Å². The van der Waals surface area contributed by atoms with Crippen LogP contribution in [-0.2, 0) is 25.7 Å². The quantitative estimate of drug-likeness (QED) is 0.0946. The Morgan fingerprint density at radius 3 is 1.13 bits per heavy atom. The van der Waals surface area contributed by atoms with Crippen LogP contribution in [0.4, 0.5) is 0 Å². The standard InChI is InChI=1S/C36H58S2/c1-5-9-13-17-23-31-29-37-35(33(31)25-19-15-11-7-3)27-21-22-28-36-34(26-20-16-12-8-4)32(30-38-36)24-18-14-10-6-2/h21-22,27-30H,5-20,23-26H2,1-4H3/b27-21+,28-22+. The molecule has 0 amide bonds. The number of hydrogen-bond acceptors (Lipinski definition) is 2. The van der Waals surface area contributed by atoms with E-state index in [0.717, 1.165) is 0 Å². The van der Waals surface area contributed by atoms with Gasteiger partial charge in [-0.25, -0.2) is 0 Å². The lowest BCUT2D eigenvalue weighted by molar-refractivity contribution is 0.652. The summed E-state index contributed by atoms with van der Waals surface area (Å²) in [4.78, 5) is 3.00. The zero-order valence-corrected chi connectivity index (χ0v) is 27.1. The van der Waals surface area contributed by atoms with E-state index in [9.17, 15) is 0 Å². The molecule has 2 heteroatoms. The van der Waals surface area contributed by atoms with Gasteiger partial charge in [0, 0.05) is 9.75 Å². The summed E-state index contributed by atoms with van der Waals surface area (Å²) < 4.78 is 0. The minimum atomic E-state index is 1.25. The van der Waals surface area contributed by atoms with E-state index in [4.69, 9.17) is 0 Å². The number of unbranched alkanes of at least 4 members (excludes halogenated alkanes) is 12. The topological polar surface area (TPSA) is 0 Å². The highest BCUT2D eigenvalue weighted by molar-refractivity contribution is 7.11. The van der Waals surface area contributed by atoms with E-state index in [2.05, 4.69) is 62.8 Å². The highest BCUT2D eigenvalue weighted by Gasteiger charge is 2.11. The van der Waals surface area contributed by atoms with E-state index in [1.807, 2.05) is 22.7 Å². The van der Waals surface area contributed by atoms with Gasteiger partial charge in [0.25, 0.3) is 0 Å². The SMILES string of the molecule is CCCCCCc1csc(/C=C/C=C/c2scc(CCCCCC)c2CCCCCC)c1CCCCCC. The highest BCUT2D eigenvalue weighted by atomic mass is 32.1. The van der Waals surface area contributed by atoms with Crippen molar-refractivity contribution >= 4 is 34.8 Å². The fourth-order valence-corrected chi connectivity index (χ4v) is 7.49. The lowest BCUT2D eigenvalue weighted by atomic mass is 9.98. The molecule has 0 aliphatic carbocycles. The minimum absolute atomic E-state index is 1.25. The van der Waals surface area contributed by atoms with Crippen molar-refractivity contribution in [2.45, 2.75) is 156 Å². The van der Waals surface area contributed by atoms with Crippen molar-refractivity contribution in [1.29, 1.82) is 0 Å². The molecule has 0 aromatic carbocycles. The maximum atomic E-state index is 2.46. The molecule has 0 radical (unpaired) electrons. The van der Waals surface area contributed by atoms with Crippen LogP contribution in [0.15, 0.2) is 22.9 Å². The molecule has 2 heterocycles. The number of rotatable bonds is 23. The average Bonchev–Trinajstić information content (AvgIpc) is 3.50. The first kappa shape index (κ1) is 33.1. The van der Waals surface area contributed by atoms with Crippen molar-refractivity contribution < 1.29 is 0 Å². The van der Waals surface area contributed by atoms with Crippen LogP contribution < -0.4 is 0 Å². The van der Waals surface area contributed by atoms with Crippen molar-refractivity contribution in [3.05, 3.63) is 54.9 Å². The molecular formula is C36H58S2. The van der Waals surface area contributed by atoms with E-state index in [-0.39, 0.29) is 0 Å². The summed E-state index contributed by atoms with van der Waals surface area (Å²) >= 11 is 3.94. The lowest BCUT2D eigenvalue weighted by Crippen LogP contribution is -1.94. The molecule has 0 bridgehead atoms. The molecule has 2 aromatic rings. The summed E-state index contributed by atoms with van der Waals surface area (Å²) in [5, 5.41) is 4.92. The summed E-state index contributed by atoms with van der Waals surface area (Å²) in [6.07, 6.45) is 36.0. The first-order valence-corrected chi connectivity index (χ1v) is 18.0. The van der Waals surface area contributed by atoms with E-state index in [0.29, 0.717) is 0 Å². The predicted molar refractivity (Wildman–Crippen MR) is 178 cm³/mol. The van der Waals surface area contributed by atoms with Crippen molar-refractivity contribution in [2.24, 2.45) is 0 Å². The molecule has 2 aromatic heterocycles. The Bertz CT molecular complexity index is 820. The van der Waals surface area contributed by atoms with Crippen molar-refractivity contribution in [1.82, 2.24) is 0 Å². The molecule has 0 atom stereocenters. The number of hydrogen-bond donors (Lipinski definition) is 0. The van der Waals surface area contributed by atoms with E-state index in [1.165, 1.54) is 138 Å². The summed E-state index contributed by atoms with van der Waals surface area (Å²) in [5.74, 6) is 0. The van der Waals surface area contributed by atoms with Crippen molar-refractivity contribution in [2.75, 3.05) is 0 Å². The van der Waals surface area contributed by atoms with Crippen LogP contribution in [0.5, 0.6) is 0 Å². The summed E-state index contributed by atoms with van der Waals surface area (Å²) in [5.41, 5.74) is 6.56. The first-order chi connectivity index (χ1) is 18.7. The molecular weight excluding hydrogens is 497 g/mol. The smallest absolute Gasteiger partial charge is 0.0305 e. The minimum Gasteiger partial charge on any atom is -0.144 e. The Balaban J connectivity index is 2.08. The van der Waals surface area contributed by atoms with Gasteiger partial charge in [-0.3, -0.25) is 0 Å². The first-order valence-electron chi connectivity index (χ1n) is 16.3. The fraction of sp³-hybridized carbons (Fsp3) is 0.667. The Morgan fingerprint density at radius 1 is 0.447 bits per heavy atom. The van der Waals surface area contributed by atoms with Crippen molar-refractivity contribution in [3.63, 3.8) is 0 Å². The second kappa shape index (κ2) is 21.7. The van der Waals surface area contributed by atoms with Gasteiger partial charge in [-0.15, -0.1) is 22.7 Å². The maximum Gasteiger partial charge on any atom is 0.0305 e. The number of aryl methyl sites for hydroxylation is 2. The van der Waals surface area contributed by atoms with Crippen LogP contribution in [0.3, 0.4) is 0 Å². The molecule has 2 rings (SSSR count). The van der Waals surface area contributed by atoms with Crippen molar-refractivity contribution in [3.8, 4) is 0 Å². The molecule has 0 nitrogen and oxygen atoms in total. The summed E-state index contributed by atoms with van der Waals surface area (Å²) in [6.45, 7) is 9.23. The largest absolute Gasteiger partial charge is 0.144 e.